The number of carbonyl (C=O) groups excluding carboxylic acids is 3. The van der Waals surface area contributed by atoms with E-state index in [4.69, 9.17) is 0 Å². The van der Waals surface area contributed by atoms with Gasteiger partial charge in [-0.15, -0.1) is 0 Å². The summed E-state index contributed by atoms with van der Waals surface area (Å²) < 4.78 is 13.1. The predicted molar refractivity (Wildman–Crippen MR) is 109 cm³/mol. The molecule has 1 aliphatic carbocycles. The minimum Gasteiger partial charge on any atom is -0.350 e. The number of rotatable bonds is 5. The Balaban J connectivity index is 1.70. The van der Waals surface area contributed by atoms with E-state index in [-0.39, 0.29) is 42.2 Å². The molecule has 1 amide bonds. The molecule has 1 fully saturated rings. The molecule has 0 aliphatic heterocycles. The highest BCUT2D eigenvalue weighted by Gasteiger charge is 2.43. The third kappa shape index (κ3) is 4.44. The van der Waals surface area contributed by atoms with E-state index in [2.05, 4.69) is 5.32 Å². The van der Waals surface area contributed by atoms with Crippen LogP contribution in [0.25, 0.3) is 0 Å². The van der Waals surface area contributed by atoms with Gasteiger partial charge < -0.3 is 5.32 Å². The first kappa shape index (κ1) is 20.9. The van der Waals surface area contributed by atoms with E-state index in [9.17, 15) is 18.8 Å². The molecule has 2 unspecified atom stereocenters. The Morgan fingerprint density at radius 1 is 1.10 bits per heavy atom. The highest BCUT2D eigenvalue weighted by molar-refractivity contribution is 6.15. The quantitative estimate of drug-likeness (QED) is 0.770. The molecule has 0 radical (unpaired) electrons. The van der Waals surface area contributed by atoms with Crippen molar-refractivity contribution in [2.45, 2.75) is 52.5 Å². The molecule has 1 aliphatic rings. The summed E-state index contributed by atoms with van der Waals surface area (Å²) in [5.74, 6) is -2.29. The number of hydrogen-bond donors (Lipinski definition) is 1. The molecule has 0 spiro atoms. The van der Waals surface area contributed by atoms with Gasteiger partial charge in [-0.1, -0.05) is 29.8 Å². The van der Waals surface area contributed by atoms with Crippen LogP contribution in [0.15, 0.2) is 36.4 Å². The lowest BCUT2D eigenvalue weighted by Gasteiger charge is -2.17. The van der Waals surface area contributed by atoms with Gasteiger partial charge in [-0.25, -0.2) is 4.39 Å². The van der Waals surface area contributed by atoms with E-state index in [0.29, 0.717) is 0 Å². The molecule has 29 heavy (non-hydrogen) atoms. The summed E-state index contributed by atoms with van der Waals surface area (Å²) in [4.78, 5) is 38.1. The van der Waals surface area contributed by atoms with E-state index < -0.39 is 11.8 Å². The standard InChI is InChI=1S/C24H26FNO3/c1-13-9-14(2)22(15(3)10-13)23-20(27)11-18(24(23)29)12-21(28)26-16(4)17-5-7-19(25)8-6-17/h5-10,16,18,23H,11-12H2,1-4H3,(H,26,28)/t16?,18?,23-/m1/s1. The number of halogens is 1. The van der Waals surface area contributed by atoms with Crippen molar-refractivity contribution in [1.29, 1.82) is 0 Å². The highest BCUT2D eigenvalue weighted by atomic mass is 19.1. The number of Topliss-reactive ketones (excluding diaryl/α,β-unsaturated/α-hetero) is 2. The van der Waals surface area contributed by atoms with Crippen molar-refractivity contribution >= 4 is 17.5 Å². The maximum absolute atomic E-state index is 13.1. The molecule has 2 aromatic rings. The second kappa shape index (κ2) is 8.27. The van der Waals surface area contributed by atoms with E-state index in [0.717, 1.165) is 27.8 Å². The molecule has 1 N–H and O–H groups in total. The van der Waals surface area contributed by atoms with Gasteiger partial charge in [0.05, 0.1) is 6.04 Å². The van der Waals surface area contributed by atoms with Gasteiger partial charge in [0.2, 0.25) is 5.91 Å². The number of aryl methyl sites for hydroxylation is 3. The van der Waals surface area contributed by atoms with Gasteiger partial charge in [0, 0.05) is 18.8 Å². The van der Waals surface area contributed by atoms with Crippen LogP contribution in [-0.4, -0.2) is 17.5 Å². The summed E-state index contributed by atoms with van der Waals surface area (Å²) in [5, 5.41) is 2.84. The van der Waals surface area contributed by atoms with E-state index in [1.54, 1.807) is 19.1 Å². The van der Waals surface area contributed by atoms with Gasteiger partial charge in [-0.05, 0) is 62.1 Å². The lowest BCUT2D eigenvalue weighted by molar-refractivity contribution is -0.129. The monoisotopic (exact) mass is 395 g/mol. The number of nitrogens with one attached hydrogen (secondary N) is 1. The fourth-order valence-electron chi connectivity index (χ4n) is 4.34. The summed E-state index contributed by atoms with van der Waals surface area (Å²) >= 11 is 0. The molecular formula is C24H26FNO3. The fraction of sp³-hybridized carbons (Fsp3) is 0.375. The second-order valence-corrected chi connectivity index (χ2v) is 8.06. The molecule has 1 saturated carbocycles. The van der Waals surface area contributed by atoms with Crippen LogP contribution in [0.3, 0.4) is 0 Å². The van der Waals surface area contributed by atoms with Crippen molar-refractivity contribution in [1.82, 2.24) is 5.32 Å². The molecule has 0 heterocycles. The Morgan fingerprint density at radius 3 is 2.28 bits per heavy atom. The molecule has 2 aromatic carbocycles. The molecule has 152 valence electrons. The van der Waals surface area contributed by atoms with Crippen LogP contribution in [0.2, 0.25) is 0 Å². The fourth-order valence-corrected chi connectivity index (χ4v) is 4.34. The smallest absolute Gasteiger partial charge is 0.221 e. The molecule has 0 saturated heterocycles. The van der Waals surface area contributed by atoms with Gasteiger partial charge in [0.1, 0.15) is 17.5 Å². The van der Waals surface area contributed by atoms with E-state index in [1.165, 1.54) is 12.1 Å². The largest absolute Gasteiger partial charge is 0.350 e. The number of amides is 1. The summed E-state index contributed by atoms with van der Waals surface area (Å²) in [6.07, 6.45) is 0.0746. The SMILES string of the molecule is Cc1cc(C)c([C@H]2C(=O)CC(CC(=O)NC(C)c3ccc(F)cc3)C2=O)c(C)c1. The Kier molecular flexibility index (Phi) is 5.96. The zero-order valence-electron chi connectivity index (χ0n) is 17.2. The lowest BCUT2D eigenvalue weighted by atomic mass is 9.86. The molecule has 0 bridgehead atoms. The Hall–Kier alpha value is -2.82. The second-order valence-electron chi connectivity index (χ2n) is 8.06. The van der Waals surface area contributed by atoms with Crippen molar-refractivity contribution in [3.63, 3.8) is 0 Å². The topological polar surface area (TPSA) is 63.2 Å². The minimum atomic E-state index is -0.775. The van der Waals surface area contributed by atoms with Crippen molar-refractivity contribution in [2.75, 3.05) is 0 Å². The summed E-state index contributed by atoms with van der Waals surface area (Å²) in [5.41, 5.74) is 4.52. The number of hydrogen-bond acceptors (Lipinski definition) is 3. The average Bonchev–Trinajstić information content (AvgIpc) is 2.89. The molecule has 5 heteroatoms. The highest BCUT2D eigenvalue weighted by Crippen LogP contribution is 2.37. The Morgan fingerprint density at radius 2 is 1.69 bits per heavy atom. The normalized spacial score (nSPS) is 20.0. The summed E-state index contributed by atoms with van der Waals surface area (Å²) in [7, 11) is 0. The van der Waals surface area contributed by atoms with Crippen LogP contribution in [0.1, 0.15) is 59.5 Å². The maximum Gasteiger partial charge on any atom is 0.221 e. The van der Waals surface area contributed by atoms with E-state index in [1.807, 2.05) is 32.9 Å². The minimum absolute atomic E-state index is 0.0173. The average molecular weight is 395 g/mol. The summed E-state index contributed by atoms with van der Waals surface area (Å²) in [6, 6.07) is 9.56. The van der Waals surface area contributed by atoms with Crippen molar-refractivity contribution < 1.29 is 18.8 Å². The first-order chi connectivity index (χ1) is 13.7. The number of carbonyl (C=O) groups is 3. The van der Waals surface area contributed by atoms with Crippen LogP contribution in [0.4, 0.5) is 4.39 Å². The molecule has 4 nitrogen and oxygen atoms in total. The first-order valence-electron chi connectivity index (χ1n) is 9.86. The maximum atomic E-state index is 13.1. The summed E-state index contributed by atoms with van der Waals surface area (Å²) in [6.45, 7) is 7.62. The lowest BCUT2D eigenvalue weighted by Crippen LogP contribution is -2.29. The van der Waals surface area contributed by atoms with E-state index >= 15 is 0 Å². The van der Waals surface area contributed by atoms with Gasteiger partial charge in [-0.2, -0.15) is 0 Å². The van der Waals surface area contributed by atoms with Gasteiger partial charge in [0.15, 0.2) is 5.78 Å². The zero-order valence-corrected chi connectivity index (χ0v) is 17.2. The van der Waals surface area contributed by atoms with Crippen molar-refractivity contribution in [3.8, 4) is 0 Å². The van der Waals surface area contributed by atoms with Gasteiger partial charge >= 0.3 is 0 Å². The van der Waals surface area contributed by atoms with Crippen LogP contribution >= 0.6 is 0 Å². The van der Waals surface area contributed by atoms with Crippen molar-refractivity contribution in [2.24, 2.45) is 5.92 Å². The third-order valence-corrected chi connectivity index (χ3v) is 5.66. The van der Waals surface area contributed by atoms with Crippen LogP contribution in [0.5, 0.6) is 0 Å². The predicted octanol–water partition coefficient (Wildman–Crippen LogP) is 4.26. The molecule has 0 aromatic heterocycles. The number of ketones is 2. The number of benzene rings is 2. The Bertz CT molecular complexity index is 942. The Labute approximate surface area is 170 Å². The van der Waals surface area contributed by atoms with Crippen LogP contribution in [0, 0.1) is 32.5 Å². The molecule has 3 atom stereocenters. The van der Waals surface area contributed by atoms with Crippen LogP contribution < -0.4 is 5.32 Å². The third-order valence-electron chi connectivity index (χ3n) is 5.66. The van der Waals surface area contributed by atoms with Gasteiger partial charge in [0.25, 0.3) is 0 Å². The van der Waals surface area contributed by atoms with Crippen LogP contribution in [-0.2, 0) is 14.4 Å². The van der Waals surface area contributed by atoms with Crippen molar-refractivity contribution in [3.05, 3.63) is 70.0 Å². The molecular weight excluding hydrogens is 369 g/mol. The first-order valence-corrected chi connectivity index (χ1v) is 9.86. The zero-order chi connectivity index (χ0) is 21.3. The molecule has 3 rings (SSSR count). The van der Waals surface area contributed by atoms with Gasteiger partial charge in [-0.3, -0.25) is 14.4 Å².